The summed E-state index contributed by atoms with van der Waals surface area (Å²) in [7, 11) is 0. The first-order valence-corrected chi connectivity index (χ1v) is 9.03. The van der Waals surface area contributed by atoms with Crippen molar-refractivity contribution in [1.82, 2.24) is 0 Å². The highest BCUT2D eigenvalue weighted by molar-refractivity contribution is 5.85. The van der Waals surface area contributed by atoms with Crippen molar-refractivity contribution >= 4 is 5.97 Å². The minimum absolute atomic E-state index is 0.169. The van der Waals surface area contributed by atoms with Crippen molar-refractivity contribution in [2.75, 3.05) is 13.2 Å². The van der Waals surface area contributed by atoms with Gasteiger partial charge < -0.3 is 9.84 Å². The van der Waals surface area contributed by atoms with E-state index >= 15 is 0 Å². The summed E-state index contributed by atoms with van der Waals surface area (Å²) in [4.78, 5) is 11.3. The van der Waals surface area contributed by atoms with Crippen molar-refractivity contribution in [3.05, 3.63) is 23.3 Å². The number of carbonyl (C=O) groups excluding carboxylic acids is 1. The standard InChI is InChI=1S/C20H30O3/c1-19(2)9-4-10-20(3)16(15(12-21)6-8-17(19)20)7-5-14-11-18(22)23-13-14/h6,11,16-17,21H,4-5,7-10,12-13H2,1-3H3/t16-,17-,20-/m0/s1. The zero-order chi connectivity index (χ0) is 16.7. The van der Waals surface area contributed by atoms with Gasteiger partial charge in [0.25, 0.3) is 0 Å². The zero-order valence-electron chi connectivity index (χ0n) is 14.7. The SMILES string of the molecule is CC1(C)CCC[C@@]2(C)[C@@H](CCC3=CC(=O)OC3)C(CO)=CC[C@@H]12. The van der Waals surface area contributed by atoms with Gasteiger partial charge in [0.05, 0.1) is 6.61 Å². The Hall–Kier alpha value is -1.09. The molecule has 0 aromatic rings. The van der Waals surface area contributed by atoms with Crippen LogP contribution in [0.15, 0.2) is 23.3 Å². The molecule has 1 heterocycles. The average Bonchev–Trinajstić information content (AvgIpc) is 2.89. The number of hydrogen-bond acceptors (Lipinski definition) is 3. The van der Waals surface area contributed by atoms with Crippen molar-refractivity contribution in [3.63, 3.8) is 0 Å². The molecule has 0 amide bonds. The lowest BCUT2D eigenvalue weighted by molar-refractivity contribution is -0.134. The second-order valence-corrected chi connectivity index (χ2v) is 8.57. The lowest BCUT2D eigenvalue weighted by Crippen LogP contribution is -2.49. The molecular weight excluding hydrogens is 288 g/mol. The highest BCUT2D eigenvalue weighted by atomic mass is 16.5. The number of carbonyl (C=O) groups is 1. The first-order chi connectivity index (χ1) is 10.9. The largest absolute Gasteiger partial charge is 0.458 e. The molecule has 1 fully saturated rings. The third-order valence-electron chi connectivity index (χ3n) is 6.79. The summed E-state index contributed by atoms with van der Waals surface area (Å²) in [5.74, 6) is 0.895. The molecule has 0 spiro atoms. The van der Waals surface area contributed by atoms with E-state index < -0.39 is 0 Å². The van der Waals surface area contributed by atoms with Crippen LogP contribution in [0.3, 0.4) is 0 Å². The molecule has 3 heteroatoms. The van der Waals surface area contributed by atoms with E-state index in [-0.39, 0.29) is 18.0 Å². The number of esters is 1. The molecular formula is C20H30O3. The highest BCUT2D eigenvalue weighted by Gasteiger charge is 2.52. The van der Waals surface area contributed by atoms with Gasteiger partial charge in [-0.05, 0) is 65.9 Å². The molecule has 0 aromatic carbocycles. The molecule has 3 rings (SSSR count). The summed E-state index contributed by atoms with van der Waals surface area (Å²) >= 11 is 0. The van der Waals surface area contributed by atoms with Crippen LogP contribution in [0, 0.1) is 22.7 Å². The van der Waals surface area contributed by atoms with Crippen molar-refractivity contribution in [1.29, 1.82) is 0 Å². The van der Waals surface area contributed by atoms with Crippen LogP contribution in [0.1, 0.15) is 59.3 Å². The fraction of sp³-hybridized carbons (Fsp3) is 0.750. The number of aliphatic hydroxyl groups excluding tert-OH is 1. The van der Waals surface area contributed by atoms with Gasteiger partial charge in [-0.15, -0.1) is 0 Å². The predicted octanol–water partition coefficient (Wildman–Crippen LogP) is 4.02. The topological polar surface area (TPSA) is 46.5 Å². The van der Waals surface area contributed by atoms with Gasteiger partial charge >= 0.3 is 5.97 Å². The third-order valence-corrected chi connectivity index (χ3v) is 6.79. The first kappa shape index (κ1) is 16.8. The van der Waals surface area contributed by atoms with Crippen LogP contribution >= 0.6 is 0 Å². The molecule has 0 radical (unpaired) electrons. The Kier molecular flexibility index (Phi) is 4.43. The van der Waals surface area contributed by atoms with E-state index in [1.165, 1.54) is 24.8 Å². The second kappa shape index (κ2) is 6.08. The fourth-order valence-electron chi connectivity index (χ4n) is 5.58. The molecule has 1 N–H and O–H groups in total. The summed E-state index contributed by atoms with van der Waals surface area (Å²) in [6.07, 6.45) is 10.8. The van der Waals surface area contributed by atoms with Crippen LogP contribution < -0.4 is 0 Å². The molecule has 0 saturated heterocycles. The van der Waals surface area contributed by atoms with Crippen molar-refractivity contribution in [2.24, 2.45) is 22.7 Å². The average molecular weight is 318 g/mol. The van der Waals surface area contributed by atoms with Gasteiger partial charge in [-0.25, -0.2) is 4.79 Å². The maximum Gasteiger partial charge on any atom is 0.331 e. The Balaban J connectivity index is 1.82. The number of rotatable bonds is 4. The van der Waals surface area contributed by atoms with E-state index in [0.29, 0.717) is 23.9 Å². The van der Waals surface area contributed by atoms with E-state index in [2.05, 4.69) is 26.8 Å². The van der Waals surface area contributed by atoms with Crippen LogP contribution in [0.5, 0.6) is 0 Å². The Morgan fingerprint density at radius 2 is 2.09 bits per heavy atom. The molecule has 23 heavy (non-hydrogen) atoms. The maximum atomic E-state index is 11.3. The summed E-state index contributed by atoms with van der Waals surface area (Å²) in [5, 5.41) is 9.87. The molecule has 128 valence electrons. The van der Waals surface area contributed by atoms with Gasteiger partial charge in [0.2, 0.25) is 0 Å². The molecule has 0 unspecified atom stereocenters. The first-order valence-electron chi connectivity index (χ1n) is 9.03. The van der Waals surface area contributed by atoms with Crippen LogP contribution in [0.4, 0.5) is 0 Å². The summed E-state index contributed by atoms with van der Waals surface area (Å²) < 4.78 is 5.03. The molecule has 3 nitrogen and oxygen atoms in total. The van der Waals surface area contributed by atoms with Gasteiger partial charge in [-0.2, -0.15) is 0 Å². The van der Waals surface area contributed by atoms with Gasteiger partial charge in [0, 0.05) is 6.08 Å². The van der Waals surface area contributed by atoms with Gasteiger partial charge in [0.15, 0.2) is 0 Å². The van der Waals surface area contributed by atoms with E-state index in [1.54, 1.807) is 6.08 Å². The quantitative estimate of drug-likeness (QED) is 0.629. The summed E-state index contributed by atoms with van der Waals surface area (Å²) in [6, 6.07) is 0. The van der Waals surface area contributed by atoms with Crippen LogP contribution in [-0.2, 0) is 9.53 Å². The number of allylic oxidation sites excluding steroid dienone is 1. The molecule has 3 aliphatic rings. The highest BCUT2D eigenvalue weighted by Crippen LogP contribution is 2.60. The van der Waals surface area contributed by atoms with Gasteiger partial charge in [-0.3, -0.25) is 0 Å². The minimum Gasteiger partial charge on any atom is -0.458 e. The van der Waals surface area contributed by atoms with Crippen molar-refractivity contribution in [2.45, 2.75) is 59.3 Å². The smallest absolute Gasteiger partial charge is 0.331 e. The maximum absolute atomic E-state index is 11.3. The summed E-state index contributed by atoms with van der Waals surface area (Å²) in [6.45, 7) is 7.89. The lowest BCUT2D eigenvalue weighted by Gasteiger charge is -2.57. The van der Waals surface area contributed by atoms with E-state index in [9.17, 15) is 9.90 Å². The number of hydrogen-bond donors (Lipinski definition) is 1. The van der Waals surface area contributed by atoms with E-state index in [1.807, 2.05) is 0 Å². The van der Waals surface area contributed by atoms with Crippen LogP contribution in [0.2, 0.25) is 0 Å². The second-order valence-electron chi connectivity index (χ2n) is 8.57. The van der Waals surface area contributed by atoms with E-state index in [0.717, 1.165) is 24.8 Å². The van der Waals surface area contributed by atoms with E-state index in [4.69, 9.17) is 4.74 Å². The van der Waals surface area contributed by atoms with Gasteiger partial charge in [0.1, 0.15) is 6.61 Å². The van der Waals surface area contributed by atoms with Gasteiger partial charge in [-0.1, -0.05) is 33.3 Å². The molecule has 2 aliphatic carbocycles. The Morgan fingerprint density at radius 1 is 1.30 bits per heavy atom. The number of ether oxygens (including phenoxy) is 1. The summed E-state index contributed by atoms with van der Waals surface area (Å²) in [5.41, 5.74) is 2.95. The molecule has 1 aliphatic heterocycles. The van der Waals surface area contributed by atoms with Crippen molar-refractivity contribution < 1.29 is 14.6 Å². The monoisotopic (exact) mass is 318 g/mol. The Labute approximate surface area is 139 Å². The molecule has 1 saturated carbocycles. The number of fused-ring (bicyclic) bond motifs is 1. The number of cyclic esters (lactones) is 1. The molecule has 3 atom stereocenters. The van der Waals surface area contributed by atoms with Crippen LogP contribution in [0.25, 0.3) is 0 Å². The fourth-order valence-corrected chi connectivity index (χ4v) is 5.58. The Morgan fingerprint density at radius 3 is 2.74 bits per heavy atom. The third kappa shape index (κ3) is 3.00. The van der Waals surface area contributed by atoms with Crippen LogP contribution in [-0.4, -0.2) is 24.3 Å². The van der Waals surface area contributed by atoms with Crippen molar-refractivity contribution in [3.8, 4) is 0 Å². The normalized spacial score (nSPS) is 36.1. The Bertz CT molecular complexity index is 543. The molecule has 0 aromatic heterocycles. The zero-order valence-corrected chi connectivity index (χ0v) is 14.7. The number of aliphatic hydroxyl groups is 1. The molecule has 0 bridgehead atoms. The minimum atomic E-state index is -0.204. The predicted molar refractivity (Wildman–Crippen MR) is 90.8 cm³/mol. The lowest BCUT2D eigenvalue weighted by atomic mass is 9.48.